The minimum Gasteiger partial charge on any atom is -0.497 e. The first kappa shape index (κ1) is 25.0. The number of methoxy groups -OCH3 is 1. The minimum atomic E-state index is -0.529. The molecule has 2 N–H and O–H groups in total. The van der Waals surface area contributed by atoms with Crippen LogP contribution in [-0.4, -0.2) is 57.2 Å². The molecule has 1 amide bonds. The average Bonchev–Trinajstić information content (AvgIpc) is 3.40. The fraction of sp³-hybridized carbons (Fsp3) is 0.552. The summed E-state index contributed by atoms with van der Waals surface area (Å²) in [7, 11) is 1.67. The molecular formula is C29H37N5O4. The highest BCUT2D eigenvalue weighted by Gasteiger charge is 2.58. The van der Waals surface area contributed by atoms with E-state index in [-0.39, 0.29) is 36.1 Å². The van der Waals surface area contributed by atoms with E-state index in [1.54, 1.807) is 7.11 Å². The second-order valence-electron chi connectivity index (χ2n) is 12.0. The number of alkyl carbamates (subject to hydrolysis) is 1. The Hall–Kier alpha value is -3.33. The van der Waals surface area contributed by atoms with Gasteiger partial charge in [0.1, 0.15) is 17.2 Å². The number of aromatic nitrogens is 3. The summed E-state index contributed by atoms with van der Waals surface area (Å²) >= 11 is 0. The van der Waals surface area contributed by atoms with Crippen LogP contribution in [0.3, 0.4) is 0 Å². The SMILES string of the molecule is COc1ccc(CN(c2c3c(nc4ccnn24)C2(CC2)C(CO)C3)C2CC(NC(=O)OC(C)(C)C)C2)cc1. The molecule has 1 aromatic carbocycles. The number of amides is 1. The summed E-state index contributed by atoms with van der Waals surface area (Å²) in [6.45, 7) is 6.48. The van der Waals surface area contributed by atoms with Crippen molar-refractivity contribution in [3.8, 4) is 5.75 Å². The van der Waals surface area contributed by atoms with Gasteiger partial charge >= 0.3 is 6.09 Å². The largest absolute Gasteiger partial charge is 0.497 e. The zero-order valence-electron chi connectivity index (χ0n) is 22.6. The molecule has 0 bridgehead atoms. The van der Waals surface area contributed by atoms with Crippen LogP contribution in [0.4, 0.5) is 10.6 Å². The van der Waals surface area contributed by atoms with Crippen LogP contribution in [0.5, 0.6) is 5.75 Å². The Morgan fingerprint density at radius 2 is 1.95 bits per heavy atom. The summed E-state index contributed by atoms with van der Waals surface area (Å²) in [4.78, 5) is 19.9. The molecule has 2 aromatic heterocycles. The van der Waals surface area contributed by atoms with E-state index in [1.165, 1.54) is 5.56 Å². The Labute approximate surface area is 223 Å². The standard InChI is InChI=1S/C29H37N5O4/c1-28(2,3)38-27(36)31-20-14-21(15-20)33(16-18-5-7-22(37-4)8-6-18)26-23-13-19(17-35)29(10-11-29)25(23)32-24-9-12-30-34(24)26/h5-9,12,19-21,35H,10-11,13-17H2,1-4H3,(H,31,36). The van der Waals surface area contributed by atoms with Crippen molar-refractivity contribution in [1.82, 2.24) is 19.9 Å². The first-order chi connectivity index (χ1) is 18.2. The van der Waals surface area contributed by atoms with E-state index in [4.69, 9.17) is 19.6 Å². The molecule has 9 heteroatoms. The molecule has 2 fully saturated rings. The predicted octanol–water partition coefficient (Wildman–Crippen LogP) is 4.00. The average molecular weight is 520 g/mol. The quantitative estimate of drug-likeness (QED) is 0.487. The van der Waals surface area contributed by atoms with Crippen molar-refractivity contribution in [3.05, 3.63) is 53.3 Å². The van der Waals surface area contributed by atoms with E-state index in [0.717, 1.165) is 60.6 Å². The van der Waals surface area contributed by atoms with Crippen LogP contribution in [0, 0.1) is 5.92 Å². The van der Waals surface area contributed by atoms with E-state index in [2.05, 4.69) is 22.3 Å². The lowest BCUT2D eigenvalue weighted by atomic mass is 9.85. The molecule has 3 aliphatic rings. The molecular weight excluding hydrogens is 482 g/mol. The number of rotatable bonds is 7. The number of benzene rings is 1. The van der Waals surface area contributed by atoms with Crippen LogP contribution >= 0.6 is 0 Å². The van der Waals surface area contributed by atoms with Crippen molar-refractivity contribution in [2.24, 2.45) is 5.92 Å². The molecule has 2 heterocycles. The van der Waals surface area contributed by atoms with Gasteiger partial charge in [0, 0.05) is 42.3 Å². The molecule has 0 radical (unpaired) electrons. The van der Waals surface area contributed by atoms with E-state index >= 15 is 0 Å². The number of ether oxygens (including phenoxy) is 2. The number of hydrogen-bond donors (Lipinski definition) is 2. The van der Waals surface area contributed by atoms with Gasteiger partial charge in [-0.15, -0.1) is 0 Å². The number of carbonyl (C=O) groups excluding carboxylic acids is 1. The van der Waals surface area contributed by atoms with Gasteiger partial charge in [0.05, 0.1) is 19.0 Å². The van der Waals surface area contributed by atoms with Crippen LogP contribution in [0.2, 0.25) is 0 Å². The first-order valence-electron chi connectivity index (χ1n) is 13.6. The maximum absolute atomic E-state index is 12.4. The van der Waals surface area contributed by atoms with Crippen molar-refractivity contribution < 1.29 is 19.4 Å². The molecule has 0 aliphatic heterocycles. The third kappa shape index (κ3) is 4.36. The number of carbonyl (C=O) groups is 1. The van der Waals surface area contributed by atoms with E-state index in [9.17, 15) is 9.90 Å². The molecule has 38 heavy (non-hydrogen) atoms. The van der Waals surface area contributed by atoms with E-state index < -0.39 is 5.60 Å². The topological polar surface area (TPSA) is 101 Å². The van der Waals surface area contributed by atoms with Gasteiger partial charge < -0.3 is 24.8 Å². The van der Waals surface area contributed by atoms with Gasteiger partial charge in [-0.1, -0.05) is 12.1 Å². The number of nitrogens with zero attached hydrogens (tertiary/aromatic N) is 4. The molecule has 2 saturated carbocycles. The van der Waals surface area contributed by atoms with Crippen molar-refractivity contribution in [2.75, 3.05) is 18.6 Å². The zero-order chi connectivity index (χ0) is 26.7. The highest BCUT2D eigenvalue weighted by atomic mass is 16.6. The van der Waals surface area contributed by atoms with Crippen LogP contribution in [0.1, 0.15) is 63.3 Å². The fourth-order valence-corrected chi connectivity index (χ4v) is 6.25. The summed E-state index contributed by atoms with van der Waals surface area (Å²) in [5.74, 6) is 2.08. The number of anilines is 1. The maximum Gasteiger partial charge on any atom is 0.407 e. The Morgan fingerprint density at radius 1 is 1.21 bits per heavy atom. The van der Waals surface area contributed by atoms with Crippen molar-refractivity contribution in [2.45, 2.75) is 82.5 Å². The van der Waals surface area contributed by atoms with Crippen molar-refractivity contribution in [1.29, 1.82) is 0 Å². The summed E-state index contributed by atoms with van der Waals surface area (Å²) in [6, 6.07) is 10.4. The summed E-state index contributed by atoms with van der Waals surface area (Å²) < 4.78 is 12.8. The van der Waals surface area contributed by atoms with Gasteiger partial charge in [0.15, 0.2) is 5.65 Å². The maximum atomic E-state index is 12.4. The summed E-state index contributed by atoms with van der Waals surface area (Å²) in [5, 5.41) is 18.0. The Balaban J connectivity index is 1.34. The second-order valence-corrected chi connectivity index (χ2v) is 12.0. The van der Waals surface area contributed by atoms with Crippen molar-refractivity contribution >= 4 is 17.6 Å². The number of aliphatic hydroxyl groups excluding tert-OH is 1. The highest BCUT2D eigenvalue weighted by molar-refractivity contribution is 5.68. The third-order valence-corrected chi connectivity index (χ3v) is 8.38. The van der Waals surface area contributed by atoms with Gasteiger partial charge in [-0.25, -0.2) is 9.78 Å². The van der Waals surface area contributed by atoms with E-state index in [1.807, 2.05) is 49.7 Å². The van der Waals surface area contributed by atoms with Crippen LogP contribution in [-0.2, 0) is 23.1 Å². The Morgan fingerprint density at radius 3 is 2.58 bits per heavy atom. The normalized spacial score (nSPS) is 23.1. The van der Waals surface area contributed by atoms with Crippen LogP contribution in [0.25, 0.3) is 5.65 Å². The number of fused-ring (bicyclic) bond motifs is 3. The third-order valence-electron chi connectivity index (χ3n) is 8.38. The smallest absolute Gasteiger partial charge is 0.407 e. The zero-order valence-corrected chi connectivity index (χ0v) is 22.6. The number of aliphatic hydroxyl groups is 1. The van der Waals surface area contributed by atoms with Gasteiger partial charge in [0.2, 0.25) is 0 Å². The van der Waals surface area contributed by atoms with Gasteiger partial charge in [0.25, 0.3) is 0 Å². The molecule has 9 nitrogen and oxygen atoms in total. The van der Waals surface area contributed by atoms with Crippen LogP contribution < -0.4 is 15.0 Å². The highest BCUT2D eigenvalue weighted by Crippen LogP contribution is 2.60. The minimum absolute atomic E-state index is 0.00292. The number of nitrogens with one attached hydrogen (secondary N) is 1. The molecule has 202 valence electrons. The molecule has 1 atom stereocenters. The van der Waals surface area contributed by atoms with Gasteiger partial charge in [-0.2, -0.15) is 9.61 Å². The predicted molar refractivity (Wildman–Crippen MR) is 144 cm³/mol. The lowest BCUT2D eigenvalue weighted by molar-refractivity contribution is 0.0470. The van der Waals surface area contributed by atoms with Crippen LogP contribution in [0.15, 0.2) is 36.5 Å². The lowest BCUT2D eigenvalue weighted by Crippen LogP contribution is -2.55. The molecule has 1 unspecified atom stereocenters. The van der Waals surface area contributed by atoms with Gasteiger partial charge in [-0.3, -0.25) is 0 Å². The molecule has 1 spiro atoms. The van der Waals surface area contributed by atoms with E-state index in [0.29, 0.717) is 6.54 Å². The fourth-order valence-electron chi connectivity index (χ4n) is 6.25. The summed E-state index contributed by atoms with van der Waals surface area (Å²) in [6.07, 6.45) is 6.01. The summed E-state index contributed by atoms with van der Waals surface area (Å²) in [5.41, 5.74) is 3.82. The first-order valence-corrected chi connectivity index (χ1v) is 13.6. The monoisotopic (exact) mass is 519 g/mol. The second kappa shape index (κ2) is 9.15. The Bertz CT molecular complexity index is 1340. The molecule has 3 aliphatic carbocycles. The van der Waals surface area contributed by atoms with Crippen molar-refractivity contribution in [3.63, 3.8) is 0 Å². The molecule has 6 rings (SSSR count). The molecule has 0 saturated heterocycles. The van der Waals surface area contributed by atoms with Gasteiger partial charge in [-0.05, 0) is 76.5 Å². The number of hydrogen-bond acceptors (Lipinski definition) is 7. The lowest BCUT2D eigenvalue weighted by Gasteiger charge is -2.44. The Kier molecular flexibility index (Phi) is 6.01. The molecule has 3 aromatic rings.